The van der Waals surface area contributed by atoms with Crippen molar-refractivity contribution in [2.75, 3.05) is 5.33 Å². The van der Waals surface area contributed by atoms with Crippen LogP contribution in [0.4, 0.5) is 8.78 Å². The molecule has 1 aromatic carbocycles. The average Bonchev–Trinajstić information content (AvgIpc) is 2.13. The zero-order valence-corrected chi connectivity index (χ0v) is 8.89. The van der Waals surface area contributed by atoms with E-state index in [4.69, 9.17) is 0 Å². The normalized spacial score (nSPS) is 11.1. The number of alkyl halides is 1. The number of benzene rings is 1. The van der Waals surface area contributed by atoms with Crippen molar-refractivity contribution in [3.8, 4) is 5.75 Å². The third-order valence-electron chi connectivity index (χ3n) is 1.63. The van der Waals surface area contributed by atoms with Gasteiger partial charge in [-0.2, -0.15) is 0 Å². The van der Waals surface area contributed by atoms with Gasteiger partial charge in [-0.05, 0) is 12.5 Å². The molecule has 0 heterocycles. The van der Waals surface area contributed by atoms with Crippen molar-refractivity contribution in [1.29, 1.82) is 0 Å². The Hall–Kier alpha value is -0.900. The quantitative estimate of drug-likeness (QED) is 0.828. The summed E-state index contributed by atoms with van der Waals surface area (Å²) in [7, 11) is 0. The highest BCUT2D eigenvalue weighted by atomic mass is 79.9. The molecule has 0 aliphatic rings. The van der Waals surface area contributed by atoms with Crippen LogP contribution in [-0.2, 0) is 0 Å². The fraction of sp³-hybridized carbons (Fsp3) is 0.200. The molecule has 0 aliphatic heterocycles. The van der Waals surface area contributed by atoms with Gasteiger partial charge < -0.3 is 5.11 Å². The number of hydrogen-bond acceptors (Lipinski definition) is 1. The van der Waals surface area contributed by atoms with E-state index in [1.165, 1.54) is 6.08 Å². The van der Waals surface area contributed by atoms with Crippen LogP contribution in [0.2, 0.25) is 0 Å². The smallest absolute Gasteiger partial charge is 0.168 e. The van der Waals surface area contributed by atoms with Gasteiger partial charge in [0.25, 0.3) is 0 Å². The van der Waals surface area contributed by atoms with Crippen molar-refractivity contribution in [2.45, 2.75) is 6.42 Å². The van der Waals surface area contributed by atoms with Crippen LogP contribution in [0.3, 0.4) is 0 Å². The first-order chi connectivity index (χ1) is 6.65. The molecule has 0 saturated heterocycles. The first-order valence-corrected chi connectivity index (χ1v) is 5.18. The van der Waals surface area contributed by atoms with Gasteiger partial charge in [0.15, 0.2) is 11.6 Å². The van der Waals surface area contributed by atoms with Crippen LogP contribution in [0.25, 0.3) is 6.08 Å². The molecule has 0 saturated carbocycles. The first kappa shape index (κ1) is 11.2. The highest BCUT2D eigenvalue weighted by molar-refractivity contribution is 9.09. The lowest BCUT2D eigenvalue weighted by Gasteiger charge is -2.00. The molecule has 0 amide bonds. The summed E-state index contributed by atoms with van der Waals surface area (Å²) in [6.07, 6.45) is 3.95. The molecule has 0 spiro atoms. The second-order valence-electron chi connectivity index (χ2n) is 2.71. The Kier molecular flexibility index (Phi) is 4.07. The van der Waals surface area contributed by atoms with Gasteiger partial charge in [-0.3, -0.25) is 0 Å². The fourth-order valence-electron chi connectivity index (χ4n) is 0.986. The maximum Gasteiger partial charge on any atom is 0.168 e. The van der Waals surface area contributed by atoms with Crippen molar-refractivity contribution in [3.63, 3.8) is 0 Å². The molecule has 0 aromatic heterocycles. The van der Waals surface area contributed by atoms with Crippen molar-refractivity contribution < 1.29 is 13.9 Å². The van der Waals surface area contributed by atoms with Crippen LogP contribution < -0.4 is 0 Å². The summed E-state index contributed by atoms with van der Waals surface area (Å²) >= 11 is 3.21. The molecule has 0 radical (unpaired) electrons. The molecule has 1 N–H and O–H groups in total. The highest BCUT2D eigenvalue weighted by Gasteiger charge is 2.06. The molecule has 14 heavy (non-hydrogen) atoms. The number of aromatic hydroxyl groups is 1. The number of rotatable bonds is 3. The van der Waals surface area contributed by atoms with Crippen molar-refractivity contribution in [2.24, 2.45) is 0 Å². The summed E-state index contributed by atoms with van der Waals surface area (Å²) < 4.78 is 25.5. The second kappa shape index (κ2) is 5.10. The first-order valence-electron chi connectivity index (χ1n) is 4.05. The Labute approximate surface area is 89.2 Å². The predicted molar refractivity (Wildman–Crippen MR) is 55.5 cm³/mol. The number of allylic oxidation sites excluding steroid dienone is 1. The minimum absolute atomic E-state index is 0.156. The monoisotopic (exact) mass is 262 g/mol. The lowest BCUT2D eigenvalue weighted by atomic mass is 10.1. The zero-order valence-electron chi connectivity index (χ0n) is 7.30. The Bertz CT molecular complexity index is 350. The average molecular weight is 263 g/mol. The van der Waals surface area contributed by atoms with Crippen LogP contribution in [0.5, 0.6) is 5.75 Å². The number of halogens is 3. The standard InChI is InChI=1S/C10H9BrF2O/c11-4-2-1-3-7-5-8(12)6-9(13)10(7)14/h1,3,5-6,14H,2,4H2. The Morgan fingerprint density at radius 3 is 2.71 bits per heavy atom. The van der Waals surface area contributed by atoms with Crippen LogP contribution >= 0.6 is 15.9 Å². The maximum absolute atomic E-state index is 12.8. The van der Waals surface area contributed by atoms with Gasteiger partial charge in [0.2, 0.25) is 0 Å². The molecule has 0 unspecified atom stereocenters. The molecule has 76 valence electrons. The topological polar surface area (TPSA) is 20.2 Å². The van der Waals surface area contributed by atoms with Gasteiger partial charge in [-0.15, -0.1) is 0 Å². The van der Waals surface area contributed by atoms with Gasteiger partial charge in [-0.1, -0.05) is 28.1 Å². The SMILES string of the molecule is Oc1c(F)cc(F)cc1C=CCCBr. The molecule has 1 nitrogen and oxygen atoms in total. The molecule has 1 rings (SSSR count). The Balaban J connectivity index is 2.96. The summed E-state index contributed by atoms with van der Waals surface area (Å²) in [5.41, 5.74) is 0.156. The summed E-state index contributed by atoms with van der Waals surface area (Å²) in [5.74, 6) is -2.15. The van der Waals surface area contributed by atoms with Gasteiger partial charge in [0.1, 0.15) is 5.82 Å². The number of hydrogen-bond donors (Lipinski definition) is 1. The van der Waals surface area contributed by atoms with E-state index in [1.807, 2.05) is 0 Å². The number of phenols is 1. The van der Waals surface area contributed by atoms with E-state index in [1.54, 1.807) is 6.08 Å². The van der Waals surface area contributed by atoms with E-state index in [0.717, 1.165) is 17.8 Å². The minimum atomic E-state index is -0.941. The fourth-order valence-corrected chi connectivity index (χ4v) is 1.25. The van der Waals surface area contributed by atoms with E-state index in [2.05, 4.69) is 15.9 Å². The molecular formula is C10H9BrF2O. The van der Waals surface area contributed by atoms with Crippen molar-refractivity contribution in [3.05, 3.63) is 35.4 Å². The summed E-state index contributed by atoms with van der Waals surface area (Å²) in [6.45, 7) is 0. The summed E-state index contributed by atoms with van der Waals surface area (Å²) in [6, 6.07) is 1.74. The van der Waals surface area contributed by atoms with Gasteiger partial charge in [-0.25, -0.2) is 8.78 Å². The lowest BCUT2D eigenvalue weighted by Crippen LogP contribution is -1.84. The van der Waals surface area contributed by atoms with Crippen LogP contribution in [0.1, 0.15) is 12.0 Å². The Morgan fingerprint density at radius 1 is 1.36 bits per heavy atom. The summed E-state index contributed by atoms with van der Waals surface area (Å²) in [4.78, 5) is 0. The highest BCUT2D eigenvalue weighted by Crippen LogP contribution is 2.23. The molecule has 0 atom stereocenters. The molecule has 0 fully saturated rings. The second-order valence-corrected chi connectivity index (χ2v) is 3.50. The number of phenolic OH excluding ortho intramolecular Hbond substituents is 1. The molecule has 0 aliphatic carbocycles. The third-order valence-corrected chi connectivity index (χ3v) is 2.09. The maximum atomic E-state index is 12.8. The third kappa shape index (κ3) is 2.80. The van der Waals surface area contributed by atoms with E-state index in [0.29, 0.717) is 6.07 Å². The van der Waals surface area contributed by atoms with Gasteiger partial charge in [0.05, 0.1) is 0 Å². The molecule has 0 bridgehead atoms. The Morgan fingerprint density at radius 2 is 2.07 bits per heavy atom. The van der Waals surface area contributed by atoms with Crippen LogP contribution in [-0.4, -0.2) is 10.4 Å². The van der Waals surface area contributed by atoms with Gasteiger partial charge in [0, 0.05) is 17.0 Å². The van der Waals surface area contributed by atoms with Crippen molar-refractivity contribution in [1.82, 2.24) is 0 Å². The largest absolute Gasteiger partial charge is 0.504 e. The van der Waals surface area contributed by atoms with Gasteiger partial charge >= 0.3 is 0 Å². The van der Waals surface area contributed by atoms with E-state index < -0.39 is 17.4 Å². The van der Waals surface area contributed by atoms with E-state index in [9.17, 15) is 13.9 Å². The van der Waals surface area contributed by atoms with Crippen LogP contribution in [0, 0.1) is 11.6 Å². The van der Waals surface area contributed by atoms with Crippen LogP contribution in [0.15, 0.2) is 18.2 Å². The summed E-state index contributed by atoms with van der Waals surface area (Å²) in [5, 5.41) is 9.98. The van der Waals surface area contributed by atoms with Crippen molar-refractivity contribution >= 4 is 22.0 Å². The predicted octanol–water partition coefficient (Wildman–Crippen LogP) is 3.47. The molecule has 4 heteroatoms. The van der Waals surface area contributed by atoms with E-state index in [-0.39, 0.29) is 5.56 Å². The van der Waals surface area contributed by atoms with E-state index >= 15 is 0 Å². The molecule has 1 aromatic rings. The lowest BCUT2D eigenvalue weighted by molar-refractivity contribution is 0.426. The zero-order chi connectivity index (χ0) is 10.6. The minimum Gasteiger partial charge on any atom is -0.504 e. The molecular weight excluding hydrogens is 254 g/mol.